The van der Waals surface area contributed by atoms with Crippen LogP contribution in [-0.4, -0.2) is 21.8 Å². The van der Waals surface area contributed by atoms with Gasteiger partial charge in [-0.3, -0.25) is 0 Å². The summed E-state index contributed by atoms with van der Waals surface area (Å²) in [4.78, 5) is 0. The van der Waals surface area contributed by atoms with Gasteiger partial charge in [0.05, 0.1) is 10.0 Å². The van der Waals surface area contributed by atoms with Crippen molar-refractivity contribution < 1.29 is 51.8 Å². The predicted octanol–water partition coefficient (Wildman–Crippen LogP) is 6.89. The summed E-state index contributed by atoms with van der Waals surface area (Å²) in [5.41, 5.74) is 0. The fourth-order valence-corrected chi connectivity index (χ4v) is 0.711. The van der Waals surface area contributed by atoms with E-state index in [2.05, 4.69) is 0 Å². The number of rotatable bonds is 0. The molecular weight excluding hydrogens is 403 g/mol. The van der Waals surface area contributed by atoms with Crippen LogP contribution in [0, 0.1) is 0 Å². The van der Waals surface area contributed by atoms with Crippen molar-refractivity contribution in [2.45, 2.75) is 0 Å². The van der Waals surface area contributed by atoms with Gasteiger partial charge in [-0.2, -0.15) is 0 Å². The highest BCUT2D eigenvalue weighted by Gasteiger charge is 2.21. The maximum Gasteiger partial charge on any atom is 0.673 e. The third kappa shape index (κ3) is 75.3. The van der Waals surface area contributed by atoms with Crippen LogP contribution in [0.1, 0.15) is 0 Å². The molecular formula is C6H4B3Cl2F12-3. The lowest BCUT2D eigenvalue weighted by Gasteiger charge is -1.94. The lowest BCUT2D eigenvalue weighted by molar-refractivity contribution is 0.366. The van der Waals surface area contributed by atoms with E-state index in [0.717, 1.165) is 0 Å². The Morgan fingerprint density at radius 3 is 0.696 bits per heavy atom. The van der Waals surface area contributed by atoms with E-state index >= 15 is 0 Å². The standard InChI is InChI=1S/C6H4Cl2.3BF4/c7-5-3-1-2-4-6(5)8;3*2-1(3,4)5/h1-4H;;;/q;3*-1. The summed E-state index contributed by atoms with van der Waals surface area (Å²) in [6.07, 6.45) is 0. The number of hydrogen-bond donors (Lipinski definition) is 0. The molecule has 0 aliphatic heterocycles. The van der Waals surface area contributed by atoms with Gasteiger partial charge < -0.3 is 51.8 Å². The molecule has 0 aliphatic rings. The minimum absolute atomic E-state index is 0.606. The van der Waals surface area contributed by atoms with Crippen LogP contribution in [0.2, 0.25) is 10.0 Å². The molecule has 0 nitrogen and oxygen atoms in total. The summed E-state index contributed by atoms with van der Waals surface area (Å²) < 4.78 is 117. The van der Waals surface area contributed by atoms with Crippen LogP contribution in [0.15, 0.2) is 24.3 Å². The van der Waals surface area contributed by atoms with Crippen molar-refractivity contribution in [2.24, 2.45) is 0 Å². The quantitative estimate of drug-likeness (QED) is 0.324. The number of halogens is 14. The van der Waals surface area contributed by atoms with Gasteiger partial charge in [0.15, 0.2) is 0 Å². The van der Waals surface area contributed by atoms with E-state index in [1.807, 2.05) is 12.1 Å². The lowest BCUT2D eigenvalue weighted by atomic mass is 10.3. The van der Waals surface area contributed by atoms with Gasteiger partial charge in [0.25, 0.3) is 0 Å². The first-order chi connectivity index (χ1) is 9.80. The maximum atomic E-state index is 9.75. The number of benzene rings is 1. The third-order valence-corrected chi connectivity index (χ3v) is 1.58. The Hall–Kier alpha value is -0.845. The highest BCUT2D eigenvalue weighted by Crippen LogP contribution is 2.19. The molecule has 1 aromatic carbocycles. The van der Waals surface area contributed by atoms with Gasteiger partial charge in [-0.15, -0.1) is 0 Å². The van der Waals surface area contributed by atoms with E-state index < -0.39 is 21.8 Å². The fraction of sp³-hybridized carbons (Fsp3) is 0. The van der Waals surface area contributed by atoms with E-state index in [1.165, 1.54) is 0 Å². The van der Waals surface area contributed by atoms with Gasteiger partial charge in [-0.05, 0) is 12.1 Å². The molecule has 0 atom stereocenters. The fourth-order valence-electron chi connectivity index (χ4n) is 0.439. The van der Waals surface area contributed by atoms with Crippen LogP contribution in [0.5, 0.6) is 0 Å². The second kappa shape index (κ2) is 11.7. The zero-order valence-electron chi connectivity index (χ0n) is 10.3. The van der Waals surface area contributed by atoms with Crippen LogP contribution in [0.4, 0.5) is 51.8 Å². The van der Waals surface area contributed by atoms with Crippen LogP contribution < -0.4 is 0 Å². The molecule has 0 spiro atoms. The number of hydrogen-bond acceptors (Lipinski definition) is 0. The summed E-state index contributed by atoms with van der Waals surface area (Å²) in [5.74, 6) is 0. The second-order valence-corrected chi connectivity index (χ2v) is 3.71. The summed E-state index contributed by atoms with van der Waals surface area (Å²) in [6.45, 7) is 0. The van der Waals surface area contributed by atoms with E-state index in [-0.39, 0.29) is 0 Å². The Bertz CT molecular complexity index is 349. The third-order valence-electron chi connectivity index (χ3n) is 0.824. The smallest absolute Gasteiger partial charge is 0.418 e. The predicted molar refractivity (Wildman–Crippen MR) is 67.0 cm³/mol. The molecule has 0 heterocycles. The van der Waals surface area contributed by atoms with Crippen LogP contribution in [-0.2, 0) is 0 Å². The average molecular weight is 407 g/mol. The highest BCUT2D eigenvalue weighted by atomic mass is 35.5. The van der Waals surface area contributed by atoms with Crippen molar-refractivity contribution in [3.05, 3.63) is 34.3 Å². The molecule has 0 unspecified atom stereocenters. The van der Waals surface area contributed by atoms with Crippen LogP contribution >= 0.6 is 23.2 Å². The minimum atomic E-state index is -6.00. The first kappa shape index (κ1) is 27.0. The van der Waals surface area contributed by atoms with Gasteiger partial charge in [-0.1, -0.05) is 35.3 Å². The first-order valence-corrected chi connectivity index (χ1v) is 5.58. The molecule has 0 aromatic heterocycles. The van der Waals surface area contributed by atoms with Gasteiger partial charge in [-0.25, -0.2) is 0 Å². The molecule has 0 amide bonds. The van der Waals surface area contributed by atoms with Gasteiger partial charge in [0.2, 0.25) is 0 Å². The second-order valence-electron chi connectivity index (χ2n) is 2.90. The van der Waals surface area contributed by atoms with Crippen LogP contribution in [0.25, 0.3) is 0 Å². The van der Waals surface area contributed by atoms with Crippen LogP contribution in [0.3, 0.4) is 0 Å². The molecule has 0 fully saturated rings. The van der Waals surface area contributed by atoms with Crippen molar-refractivity contribution in [3.63, 3.8) is 0 Å². The SMILES string of the molecule is Clc1ccccc1Cl.F[B-](F)(F)F.F[B-](F)(F)F.F[B-](F)(F)F. The maximum absolute atomic E-state index is 9.75. The Kier molecular flexibility index (Phi) is 13.7. The summed E-state index contributed by atoms with van der Waals surface area (Å²) in [5, 5.41) is 1.21. The summed E-state index contributed by atoms with van der Waals surface area (Å²) >= 11 is 11.2. The molecule has 17 heteroatoms. The van der Waals surface area contributed by atoms with Crippen molar-refractivity contribution in [3.8, 4) is 0 Å². The Morgan fingerprint density at radius 1 is 0.478 bits per heavy atom. The topological polar surface area (TPSA) is 0 Å². The van der Waals surface area contributed by atoms with E-state index in [9.17, 15) is 51.8 Å². The molecule has 0 N–H and O–H groups in total. The minimum Gasteiger partial charge on any atom is -0.418 e. The molecule has 0 radical (unpaired) electrons. The monoisotopic (exact) mass is 407 g/mol. The van der Waals surface area contributed by atoms with Gasteiger partial charge in [0.1, 0.15) is 0 Å². The molecule has 138 valence electrons. The summed E-state index contributed by atoms with van der Waals surface area (Å²) in [6, 6.07) is 7.19. The molecule has 23 heavy (non-hydrogen) atoms. The van der Waals surface area contributed by atoms with Crippen molar-refractivity contribution in [1.82, 2.24) is 0 Å². The van der Waals surface area contributed by atoms with Gasteiger partial charge in [0, 0.05) is 0 Å². The van der Waals surface area contributed by atoms with Gasteiger partial charge >= 0.3 is 21.8 Å². The molecule has 0 bridgehead atoms. The highest BCUT2D eigenvalue weighted by molar-refractivity contribution is 6.50. The van der Waals surface area contributed by atoms with E-state index in [4.69, 9.17) is 23.2 Å². The van der Waals surface area contributed by atoms with E-state index in [1.54, 1.807) is 12.1 Å². The largest absolute Gasteiger partial charge is 0.673 e. The molecule has 0 aliphatic carbocycles. The average Bonchev–Trinajstić information content (AvgIpc) is 2.14. The van der Waals surface area contributed by atoms with Crippen molar-refractivity contribution in [2.75, 3.05) is 0 Å². The lowest BCUT2D eigenvalue weighted by Crippen LogP contribution is -2.02. The van der Waals surface area contributed by atoms with Crippen molar-refractivity contribution in [1.29, 1.82) is 0 Å². The Labute approximate surface area is 132 Å². The van der Waals surface area contributed by atoms with Crippen molar-refractivity contribution >= 4 is 45.0 Å². The zero-order chi connectivity index (χ0) is 19.5. The van der Waals surface area contributed by atoms with E-state index in [0.29, 0.717) is 10.0 Å². The zero-order valence-corrected chi connectivity index (χ0v) is 11.8. The Balaban J connectivity index is -0.000000240. The Morgan fingerprint density at radius 2 is 0.609 bits per heavy atom. The molecule has 1 aromatic rings. The molecule has 0 saturated heterocycles. The first-order valence-electron chi connectivity index (χ1n) is 4.82. The summed E-state index contributed by atoms with van der Waals surface area (Å²) in [7, 11) is -18.0. The molecule has 0 saturated carbocycles. The normalized spacial score (nSPS) is 11.0. The molecule has 1 rings (SSSR count).